The molecule has 20 heavy (non-hydrogen) atoms. The van der Waals surface area contributed by atoms with Crippen LogP contribution >= 0.6 is 0 Å². The largest absolute Gasteiger partial charge is 0.240 e. The van der Waals surface area contributed by atoms with Gasteiger partial charge in [0.1, 0.15) is 0 Å². The number of hydrogen-bond donors (Lipinski definition) is 1. The van der Waals surface area contributed by atoms with Crippen molar-refractivity contribution in [1.82, 2.24) is 4.72 Å². The summed E-state index contributed by atoms with van der Waals surface area (Å²) in [5, 5.41) is 2.00. The summed E-state index contributed by atoms with van der Waals surface area (Å²) < 4.78 is 27.1. The smallest absolute Gasteiger partial charge is 0.211 e. The van der Waals surface area contributed by atoms with Gasteiger partial charge in [-0.3, -0.25) is 0 Å². The normalized spacial score (nSPS) is 11.8. The Morgan fingerprint density at radius 2 is 1.70 bits per heavy atom. The van der Waals surface area contributed by atoms with E-state index in [9.17, 15) is 8.42 Å². The minimum absolute atomic E-state index is 0.340. The predicted molar refractivity (Wildman–Crippen MR) is 83.3 cm³/mol. The van der Waals surface area contributed by atoms with E-state index in [4.69, 9.17) is 0 Å². The number of fused-ring (bicyclic) bond motifs is 1. The highest BCUT2D eigenvalue weighted by molar-refractivity contribution is 7.89. The van der Waals surface area contributed by atoms with Gasteiger partial charge in [-0.25, -0.2) is 13.1 Å². The fourth-order valence-corrected chi connectivity index (χ4v) is 3.29. The summed E-state index contributed by atoms with van der Waals surface area (Å²) in [7, 11) is -3.39. The average molecular weight is 291 g/mol. The molecular formula is C16H21NO2S. The van der Waals surface area contributed by atoms with E-state index < -0.39 is 10.0 Å². The van der Waals surface area contributed by atoms with Gasteiger partial charge < -0.3 is 0 Å². The van der Waals surface area contributed by atoms with Crippen molar-refractivity contribution in [3.63, 3.8) is 0 Å². The average Bonchev–Trinajstić information content (AvgIpc) is 2.46. The summed E-state index contributed by atoms with van der Waals surface area (Å²) in [6.07, 6.45) is 4.26. The van der Waals surface area contributed by atoms with Crippen LogP contribution in [0.1, 0.15) is 32.6 Å². The molecular weight excluding hydrogens is 270 g/mol. The number of benzene rings is 2. The molecule has 0 spiro atoms. The zero-order valence-corrected chi connectivity index (χ0v) is 12.6. The molecule has 4 heteroatoms. The fourth-order valence-electron chi connectivity index (χ4n) is 2.18. The lowest BCUT2D eigenvalue weighted by Gasteiger charge is -2.07. The molecule has 0 aliphatic rings. The first-order chi connectivity index (χ1) is 9.63. The summed E-state index contributed by atoms with van der Waals surface area (Å²) in [5.41, 5.74) is 0. The molecule has 0 saturated carbocycles. The van der Waals surface area contributed by atoms with Crippen molar-refractivity contribution >= 4 is 20.8 Å². The summed E-state index contributed by atoms with van der Waals surface area (Å²) >= 11 is 0. The molecule has 0 aliphatic carbocycles. The first kappa shape index (κ1) is 15.0. The van der Waals surface area contributed by atoms with Gasteiger partial charge in [0.2, 0.25) is 10.0 Å². The summed E-state index contributed by atoms with van der Waals surface area (Å²) in [5.74, 6) is 0. The SMILES string of the molecule is CCCCCCNS(=O)(=O)c1ccc2ccccc2c1. The molecule has 0 bridgehead atoms. The topological polar surface area (TPSA) is 46.2 Å². The third-order valence-electron chi connectivity index (χ3n) is 3.35. The maximum absolute atomic E-state index is 12.2. The molecule has 2 aromatic rings. The molecule has 0 fully saturated rings. The molecule has 0 amide bonds. The van der Waals surface area contributed by atoms with Gasteiger partial charge in [-0.05, 0) is 29.3 Å². The van der Waals surface area contributed by atoms with E-state index in [2.05, 4.69) is 11.6 Å². The lowest BCUT2D eigenvalue weighted by atomic mass is 10.1. The molecule has 0 aromatic heterocycles. The minimum Gasteiger partial charge on any atom is -0.211 e. The van der Waals surface area contributed by atoms with E-state index in [1.165, 1.54) is 0 Å². The number of hydrogen-bond acceptors (Lipinski definition) is 2. The molecule has 0 unspecified atom stereocenters. The highest BCUT2D eigenvalue weighted by atomic mass is 32.2. The van der Waals surface area contributed by atoms with E-state index >= 15 is 0 Å². The van der Waals surface area contributed by atoms with Crippen LogP contribution in [0.25, 0.3) is 10.8 Å². The highest BCUT2D eigenvalue weighted by Gasteiger charge is 2.13. The van der Waals surface area contributed by atoms with Crippen molar-refractivity contribution in [3.05, 3.63) is 42.5 Å². The second kappa shape index (κ2) is 6.86. The van der Waals surface area contributed by atoms with Crippen LogP contribution in [-0.2, 0) is 10.0 Å². The molecule has 2 rings (SSSR count). The molecule has 0 atom stereocenters. The third kappa shape index (κ3) is 3.81. The molecule has 108 valence electrons. The van der Waals surface area contributed by atoms with Crippen molar-refractivity contribution in [1.29, 1.82) is 0 Å². The van der Waals surface area contributed by atoms with Crippen LogP contribution in [0.15, 0.2) is 47.4 Å². The Bertz CT molecular complexity index is 665. The zero-order valence-electron chi connectivity index (χ0n) is 11.8. The van der Waals surface area contributed by atoms with Gasteiger partial charge in [0.15, 0.2) is 0 Å². The van der Waals surface area contributed by atoms with Gasteiger partial charge in [0.05, 0.1) is 4.90 Å². The van der Waals surface area contributed by atoms with Crippen LogP contribution in [0.4, 0.5) is 0 Å². The lowest BCUT2D eigenvalue weighted by molar-refractivity contribution is 0.574. The van der Waals surface area contributed by atoms with Crippen molar-refractivity contribution in [2.24, 2.45) is 0 Å². The lowest BCUT2D eigenvalue weighted by Crippen LogP contribution is -2.24. The molecule has 0 heterocycles. The quantitative estimate of drug-likeness (QED) is 0.791. The van der Waals surface area contributed by atoms with Crippen molar-refractivity contribution in [2.75, 3.05) is 6.54 Å². The Morgan fingerprint density at radius 3 is 2.45 bits per heavy atom. The minimum atomic E-state index is -3.39. The summed E-state index contributed by atoms with van der Waals surface area (Å²) in [6, 6.07) is 13.0. The van der Waals surface area contributed by atoms with Crippen LogP contribution in [0.5, 0.6) is 0 Å². The summed E-state index contributed by atoms with van der Waals surface area (Å²) in [6.45, 7) is 2.65. The second-order valence-corrected chi connectivity index (χ2v) is 6.73. The van der Waals surface area contributed by atoms with Crippen LogP contribution in [0, 0.1) is 0 Å². The number of rotatable bonds is 7. The van der Waals surface area contributed by atoms with Crippen LogP contribution in [0.2, 0.25) is 0 Å². The predicted octanol–water partition coefficient (Wildman–Crippen LogP) is 3.70. The second-order valence-electron chi connectivity index (χ2n) is 4.97. The van der Waals surface area contributed by atoms with E-state index in [0.29, 0.717) is 11.4 Å². The molecule has 3 nitrogen and oxygen atoms in total. The highest BCUT2D eigenvalue weighted by Crippen LogP contribution is 2.18. The van der Waals surface area contributed by atoms with Crippen LogP contribution in [-0.4, -0.2) is 15.0 Å². The molecule has 0 aliphatic heterocycles. The fraction of sp³-hybridized carbons (Fsp3) is 0.375. The van der Waals surface area contributed by atoms with Gasteiger partial charge in [0.25, 0.3) is 0 Å². The Balaban J connectivity index is 2.07. The third-order valence-corrected chi connectivity index (χ3v) is 4.81. The van der Waals surface area contributed by atoms with Gasteiger partial charge in [-0.15, -0.1) is 0 Å². The first-order valence-corrected chi connectivity index (χ1v) is 8.60. The Morgan fingerprint density at radius 1 is 0.950 bits per heavy atom. The van der Waals surface area contributed by atoms with E-state index in [-0.39, 0.29) is 0 Å². The monoisotopic (exact) mass is 291 g/mol. The molecule has 2 aromatic carbocycles. The molecule has 1 N–H and O–H groups in total. The zero-order chi connectivity index (χ0) is 14.4. The molecule has 0 saturated heterocycles. The maximum Gasteiger partial charge on any atom is 0.240 e. The maximum atomic E-state index is 12.2. The molecule has 0 radical (unpaired) electrons. The Hall–Kier alpha value is -1.39. The van der Waals surface area contributed by atoms with Crippen molar-refractivity contribution < 1.29 is 8.42 Å². The first-order valence-electron chi connectivity index (χ1n) is 7.12. The van der Waals surface area contributed by atoms with Crippen molar-refractivity contribution in [2.45, 2.75) is 37.5 Å². The van der Waals surface area contributed by atoms with E-state index in [1.807, 2.05) is 30.3 Å². The van der Waals surface area contributed by atoms with Gasteiger partial charge >= 0.3 is 0 Å². The van der Waals surface area contributed by atoms with Gasteiger partial charge in [-0.1, -0.05) is 56.5 Å². The van der Waals surface area contributed by atoms with Gasteiger partial charge in [0, 0.05) is 6.54 Å². The van der Waals surface area contributed by atoms with E-state index in [1.54, 1.807) is 12.1 Å². The Labute approximate surface area is 121 Å². The standard InChI is InChI=1S/C16H21NO2S/c1-2-3-4-7-12-17-20(18,19)16-11-10-14-8-5-6-9-15(14)13-16/h5-6,8-11,13,17H,2-4,7,12H2,1H3. The Kier molecular flexibility index (Phi) is 5.15. The van der Waals surface area contributed by atoms with E-state index in [0.717, 1.165) is 36.5 Å². The number of unbranched alkanes of at least 4 members (excludes halogenated alkanes) is 3. The van der Waals surface area contributed by atoms with Gasteiger partial charge in [-0.2, -0.15) is 0 Å². The van der Waals surface area contributed by atoms with Crippen molar-refractivity contribution in [3.8, 4) is 0 Å². The number of nitrogens with one attached hydrogen (secondary N) is 1. The summed E-state index contributed by atoms with van der Waals surface area (Å²) in [4.78, 5) is 0.340. The van der Waals surface area contributed by atoms with Crippen LogP contribution in [0.3, 0.4) is 0 Å². The van der Waals surface area contributed by atoms with Crippen LogP contribution < -0.4 is 4.72 Å². The number of sulfonamides is 1.